The van der Waals surface area contributed by atoms with E-state index in [9.17, 15) is 0 Å². The van der Waals surface area contributed by atoms with Crippen molar-refractivity contribution < 1.29 is 4.80 Å². The molecule has 0 saturated heterocycles. The van der Waals surface area contributed by atoms with Gasteiger partial charge in [0.05, 0.1) is 11.8 Å². The summed E-state index contributed by atoms with van der Waals surface area (Å²) in [6.45, 7) is 8.51. The van der Waals surface area contributed by atoms with Gasteiger partial charge in [0.2, 0.25) is 6.04 Å². The average molecular weight is 261 g/mol. The molecule has 1 aliphatic carbocycles. The van der Waals surface area contributed by atoms with E-state index in [1.165, 1.54) is 11.1 Å². The van der Waals surface area contributed by atoms with Crippen molar-refractivity contribution in [2.75, 3.05) is 14.1 Å². The molecule has 0 amide bonds. The van der Waals surface area contributed by atoms with Crippen LogP contribution in [-0.4, -0.2) is 46.2 Å². The highest BCUT2D eigenvalue weighted by molar-refractivity contribution is 6.24. The van der Waals surface area contributed by atoms with E-state index in [4.69, 9.17) is 5.10 Å². The van der Waals surface area contributed by atoms with Gasteiger partial charge in [-0.2, -0.15) is 10.1 Å². The zero-order chi connectivity index (χ0) is 13.9. The number of H-pyrrole nitrogens is 1. The Morgan fingerprint density at radius 2 is 1.95 bits per heavy atom. The van der Waals surface area contributed by atoms with Crippen LogP contribution in [0.2, 0.25) is 0 Å². The van der Waals surface area contributed by atoms with E-state index in [1.54, 1.807) is 0 Å². The van der Waals surface area contributed by atoms with Crippen LogP contribution in [0.15, 0.2) is 5.10 Å². The van der Waals surface area contributed by atoms with E-state index < -0.39 is 0 Å². The minimum Gasteiger partial charge on any atom is -0.229 e. The van der Waals surface area contributed by atoms with E-state index in [1.807, 2.05) is 17.0 Å². The molecule has 1 aromatic rings. The zero-order valence-electron chi connectivity index (χ0n) is 12.4. The van der Waals surface area contributed by atoms with Gasteiger partial charge >= 0.3 is 0 Å². The molecule has 3 rings (SSSR count). The number of hydrogen-bond donors (Lipinski definition) is 1. The van der Waals surface area contributed by atoms with Crippen LogP contribution in [0.1, 0.15) is 33.7 Å². The van der Waals surface area contributed by atoms with Crippen LogP contribution in [0.25, 0.3) is 11.1 Å². The van der Waals surface area contributed by atoms with Crippen molar-refractivity contribution in [2.45, 2.75) is 39.8 Å². The predicted octanol–water partition coefficient (Wildman–Crippen LogP) is -0.850. The first-order chi connectivity index (χ1) is 8.91. The van der Waals surface area contributed by atoms with Crippen molar-refractivity contribution >= 4 is 16.9 Å². The largest absolute Gasteiger partial charge is 0.229 e. The molecule has 1 aromatic heterocycles. The maximum atomic E-state index is 4.70. The monoisotopic (exact) mass is 261 g/mol. The lowest BCUT2D eigenvalue weighted by Gasteiger charge is -2.26. The van der Waals surface area contributed by atoms with E-state index in [0.29, 0.717) is 6.04 Å². The minimum absolute atomic E-state index is 0.210. The van der Waals surface area contributed by atoms with Gasteiger partial charge in [0.1, 0.15) is 5.35 Å². The molecule has 0 fully saturated rings. The summed E-state index contributed by atoms with van der Waals surface area (Å²) < 4.78 is 0. The Morgan fingerprint density at radius 1 is 1.26 bits per heavy atom. The Bertz CT molecular complexity index is 680. The number of fused-ring (bicyclic) bond motifs is 2. The Balaban J connectivity index is 2.33. The number of nitrogens with zero attached hydrogens (tertiary/aromatic N) is 5. The standard InChI is InChI=1S/C13H21N6/c1-7(2)19-15-10-8(3)12-13(9(4)11(10)16-19)17(5)18(6)14-12/h7,13H,1-6H3,(H,15,16)/q+1. The number of aromatic nitrogens is 3. The second-order valence-corrected chi connectivity index (χ2v) is 5.63. The third-order valence-electron chi connectivity index (χ3n) is 4.04. The van der Waals surface area contributed by atoms with Gasteiger partial charge in [-0.25, -0.2) is 5.12 Å². The molecular weight excluding hydrogens is 240 g/mol. The lowest BCUT2D eigenvalue weighted by atomic mass is 9.93. The highest BCUT2D eigenvalue weighted by Gasteiger charge is 2.37. The number of hydrogen-bond acceptors (Lipinski definition) is 4. The van der Waals surface area contributed by atoms with E-state index in [-0.39, 0.29) is 6.04 Å². The Hall–Kier alpha value is -1.69. The number of hydrazine groups is 1. The zero-order valence-corrected chi connectivity index (χ0v) is 12.4. The average Bonchev–Trinajstić information content (AvgIpc) is 2.91. The third kappa shape index (κ3) is 1.56. The Labute approximate surface area is 112 Å². The lowest BCUT2D eigenvalue weighted by Crippen LogP contribution is -2.47. The number of rotatable bonds is 1. The predicted molar refractivity (Wildman–Crippen MR) is 73.3 cm³/mol. The first-order valence-corrected chi connectivity index (χ1v) is 6.66. The summed E-state index contributed by atoms with van der Waals surface area (Å²) in [4.78, 5) is 1.92. The number of aromatic amines is 1. The summed E-state index contributed by atoms with van der Waals surface area (Å²) in [5.74, 6) is 0. The molecule has 0 saturated carbocycles. The molecule has 1 atom stereocenters. The van der Waals surface area contributed by atoms with Crippen LogP contribution >= 0.6 is 0 Å². The highest BCUT2D eigenvalue weighted by atomic mass is 15.8. The van der Waals surface area contributed by atoms with Gasteiger partial charge in [-0.15, -0.1) is 5.10 Å². The lowest BCUT2D eigenvalue weighted by molar-refractivity contribution is -0.820. The Morgan fingerprint density at radius 3 is 2.58 bits per heavy atom. The smallest absolute Gasteiger partial charge is 0.204 e. The quantitative estimate of drug-likeness (QED) is 0.670. The molecule has 0 bridgehead atoms. The molecule has 1 N–H and O–H groups in total. The first-order valence-electron chi connectivity index (χ1n) is 6.66. The normalized spacial score (nSPS) is 23.0. The van der Waals surface area contributed by atoms with Crippen LogP contribution in [-0.2, 0) is 0 Å². The summed E-state index contributed by atoms with van der Waals surface area (Å²) in [6, 6.07) is 0.537. The third-order valence-corrected chi connectivity index (χ3v) is 4.04. The minimum atomic E-state index is 0.210. The molecule has 0 spiro atoms. The van der Waals surface area contributed by atoms with Crippen molar-refractivity contribution in [3.8, 4) is 0 Å². The SMILES string of the molecule is CC1=c2n[n+](C(C)C)[nH]c2=C(C)C2=NN(C)N(C)C21. The summed E-state index contributed by atoms with van der Waals surface area (Å²) in [7, 11) is 4.04. The second kappa shape index (κ2) is 3.90. The fraction of sp³-hybridized carbons (Fsp3) is 0.615. The molecule has 6 nitrogen and oxygen atoms in total. The molecule has 2 heterocycles. The van der Waals surface area contributed by atoms with Gasteiger partial charge in [0.15, 0.2) is 5.35 Å². The van der Waals surface area contributed by atoms with Crippen molar-refractivity contribution in [2.24, 2.45) is 5.10 Å². The van der Waals surface area contributed by atoms with Gasteiger partial charge < -0.3 is 0 Å². The molecular formula is C13H21N6+. The van der Waals surface area contributed by atoms with Crippen molar-refractivity contribution in [3.05, 3.63) is 10.7 Å². The van der Waals surface area contributed by atoms with Crippen LogP contribution in [0.4, 0.5) is 0 Å². The van der Waals surface area contributed by atoms with Gasteiger partial charge in [0, 0.05) is 38.6 Å². The van der Waals surface area contributed by atoms with Crippen LogP contribution in [0.3, 0.4) is 0 Å². The van der Waals surface area contributed by atoms with E-state index in [0.717, 1.165) is 16.4 Å². The maximum absolute atomic E-state index is 4.70. The highest BCUT2D eigenvalue weighted by Crippen LogP contribution is 2.24. The first kappa shape index (κ1) is 12.3. The molecule has 2 aliphatic rings. The number of hydrazone groups is 1. The molecule has 0 aromatic carbocycles. The molecule has 0 radical (unpaired) electrons. The van der Waals surface area contributed by atoms with Crippen molar-refractivity contribution in [1.29, 1.82) is 0 Å². The van der Waals surface area contributed by atoms with E-state index >= 15 is 0 Å². The molecule has 102 valence electrons. The molecule has 1 aliphatic heterocycles. The van der Waals surface area contributed by atoms with Gasteiger partial charge in [-0.1, -0.05) is 0 Å². The van der Waals surface area contributed by atoms with Gasteiger partial charge in [-0.3, -0.25) is 0 Å². The molecule has 1 unspecified atom stereocenters. The fourth-order valence-corrected chi connectivity index (χ4v) is 2.78. The van der Waals surface area contributed by atoms with Crippen molar-refractivity contribution in [1.82, 2.24) is 20.3 Å². The number of nitrogens with one attached hydrogen (secondary N) is 1. The van der Waals surface area contributed by atoms with E-state index in [2.05, 4.69) is 50.0 Å². The molecule has 19 heavy (non-hydrogen) atoms. The van der Waals surface area contributed by atoms with Crippen molar-refractivity contribution in [3.63, 3.8) is 0 Å². The van der Waals surface area contributed by atoms with Crippen LogP contribution in [0.5, 0.6) is 0 Å². The van der Waals surface area contributed by atoms with Gasteiger partial charge in [0.25, 0.3) is 0 Å². The van der Waals surface area contributed by atoms with Crippen LogP contribution < -0.4 is 15.5 Å². The Kier molecular flexibility index (Phi) is 2.53. The second-order valence-electron chi connectivity index (χ2n) is 5.63. The summed E-state index contributed by atoms with van der Waals surface area (Å²) >= 11 is 0. The van der Waals surface area contributed by atoms with Gasteiger partial charge in [-0.05, 0) is 24.2 Å². The van der Waals surface area contributed by atoms with Crippen LogP contribution in [0, 0.1) is 0 Å². The summed E-state index contributed by atoms with van der Waals surface area (Å²) in [6.07, 6.45) is 0. The fourth-order valence-electron chi connectivity index (χ4n) is 2.78. The summed E-state index contributed by atoms with van der Waals surface area (Å²) in [5, 5.41) is 18.9. The maximum Gasteiger partial charge on any atom is 0.204 e. The topological polar surface area (TPSA) is 51.4 Å². The summed E-state index contributed by atoms with van der Waals surface area (Å²) in [5.41, 5.74) is 3.56. The molecule has 6 heteroatoms.